The first-order valence-electron chi connectivity index (χ1n) is 6.67. The number of sulfonamides is 1. The summed E-state index contributed by atoms with van der Waals surface area (Å²) in [6.45, 7) is 4.73. The Labute approximate surface area is 105 Å². The number of rotatable bonds is 4. The maximum atomic E-state index is 12.1. The Bertz CT molecular complexity index is 367. The third-order valence-electron chi connectivity index (χ3n) is 4.06. The number of hydrogen-bond donors (Lipinski definition) is 2. The Kier molecular flexibility index (Phi) is 3.80. The summed E-state index contributed by atoms with van der Waals surface area (Å²) in [5.41, 5.74) is -0.00102. The van der Waals surface area contributed by atoms with Gasteiger partial charge in [-0.05, 0) is 39.7 Å². The molecule has 0 spiro atoms. The number of nitrogens with one attached hydrogen (secondary N) is 2. The molecule has 1 saturated carbocycles. The zero-order chi connectivity index (χ0) is 12.5. The van der Waals surface area contributed by atoms with Crippen molar-refractivity contribution in [2.24, 2.45) is 5.41 Å². The summed E-state index contributed by atoms with van der Waals surface area (Å²) in [6, 6.07) is 0.410. The molecule has 2 atom stereocenters. The quantitative estimate of drug-likeness (QED) is 0.799. The van der Waals surface area contributed by atoms with Gasteiger partial charge < -0.3 is 5.32 Å². The van der Waals surface area contributed by atoms with Crippen molar-refractivity contribution in [1.82, 2.24) is 10.0 Å². The fraction of sp³-hybridized carbons (Fsp3) is 1.00. The lowest BCUT2D eigenvalue weighted by molar-refractivity contribution is 0.200. The molecule has 17 heavy (non-hydrogen) atoms. The molecule has 1 aliphatic heterocycles. The van der Waals surface area contributed by atoms with E-state index in [0.717, 1.165) is 25.8 Å². The first-order valence-corrected chi connectivity index (χ1v) is 8.32. The van der Waals surface area contributed by atoms with Crippen LogP contribution in [0, 0.1) is 5.41 Å². The molecule has 100 valence electrons. The van der Waals surface area contributed by atoms with Crippen molar-refractivity contribution in [2.45, 2.75) is 58.0 Å². The Morgan fingerprint density at radius 2 is 2.12 bits per heavy atom. The number of hydrogen-bond acceptors (Lipinski definition) is 3. The fourth-order valence-corrected chi connectivity index (χ4v) is 5.49. The van der Waals surface area contributed by atoms with Gasteiger partial charge in [0.1, 0.15) is 0 Å². The van der Waals surface area contributed by atoms with Crippen LogP contribution < -0.4 is 10.0 Å². The largest absolute Gasteiger partial charge is 0.313 e. The van der Waals surface area contributed by atoms with Crippen molar-refractivity contribution < 1.29 is 8.42 Å². The monoisotopic (exact) mass is 260 g/mol. The first-order chi connectivity index (χ1) is 7.94. The highest BCUT2D eigenvalue weighted by molar-refractivity contribution is 7.89. The SMILES string of the molecule is CC(C)NS(=O)(=O)CC12CCCCC1NCC2. The smallest absolute Gasteiger partial charge is 0.212 e. The van der Waals surface area contributed by atoms with Crippen LogP contribution in [-0.4, -0.2) is 32.8 Å². The minimum Gasteiger partial charge on any atom is -0.313 e. The van der Waals surface area contributed by atoms with Gasteiger partial charge in [0, 0.05) is 17.5 Å². The summed E-state index contributed by atoms with van der Waals surface area (Å²) < 4.78 is 26.9. The molecule has 1 heterocycles. The Hall–Kier alpha value is -0.130. The van der Waals surface area contributed by atoms with Gasteiger partial charge in [-0.25, -0.2) is 13.1 Å². The van der Waals surface area contributed by atoms with Crippen LogP contribution in [0.1, 0.15) is 46.0 Å². The van der Waals surface area contributed by atoms with Gasteiger partial charge in [-0.1, -0.05) is 12.8 Å². The molecular weight excluding hydrogens is 236 g/mol. The molecule has 2 N–H and O–H groups in total. The van der Waals surface area contributed by atoms with Gasteiger partial charge in [0.05, 0.1) is 5.75 Å². The van der Waals surface area contributed by atoms with Crippen molar-refractivity contribution in [3.63, 3.8) is 0 Å². The minimum absolute atomic E-state index is 0.00102. The molecule has 0 aromatic rings. The normalized spacial score (nSPS) is 33.9. The lowest BCUT2D eigenvalue weighted by Gasteiger charge is -2.38. The zero-order valence-electron chi connectivity index (χ0n) is 10.8. The molecule has 1 saturated heterocycles. The van der Waals surface area contributed by atoms with Crippen molar-refractivity contribution in [2.75, 3.05) is 12.3 Å². The maximum absolute atomic E-state index is 12.1. The maximum Gasteiger partial charge on any atom is 0.212 e. The highest BCUT2D eigenvalue weighted by Crippen LogP contribution is 2.43. The fourth-order valence-electron chi connectivity index (χ4n) is 3.44. The lowest BCUT2D eigenvalue weighted by Crippen LogP contribution is -2.47. The topological polar surface area (TPSA) is 58.2 Å². The third-order valence-corrected chi connectivity index (χ3v) is 5.85. The van der Waals surface area contributed by atoms with Crippen LogP contribution in [0.3, 0.4) is 0 Å². The predicted octanol–water partition coefficient (Wildman–Crippen LogP) is 1.24. The van der Waals surface area contributed by atoms with Crippen molar-refractivity contribution in [1.29, 1.82) is 0 Å². The second-order valence-corrected chi connectivity index (χ2v) is 7.65. The second-order valence-electron chi connectivity index (χ2n) is 5.90. The minimum atomic E-state index is -3.13. The van der Waals surface area contributed by atoms with E-state index >= 15 is 0 Å². The average molecular weight is 260 g/mol. The third kappa shape index (κ3) is 3.01. The second kappa shape index (κ2) is 4.86. The zero-order valence-corrected chi connectivity index (χ0v) is 11.6. The van der Waals surface area contributed by atoms with Gasteiger partial charge in [0.15, 0.2) is 0 Å². The van der Waals surface area contributed by atoms with Gasteiger partial charge in [0.25, 0.3) is 0 Å². The summed E-state index contributed by atoms with van der Waals surface area (Å²) in [6.07, 6.45) is 5.62. The first kappa shape index (κ1) is 13.3. The van der Waals surface area contributed by atoms with E-state index in [4.69, 9.17) is 0 Å². The summed E-state index contributed by atoms with van der Waals surface area (Å²) in [5.74, 6) is 0.301. The molecule has 2 aliphatic rings. The Morgan fingerprint density at radius 3 is 2.82 bits per heavy atom. The molecule has 0 amide bonds. The van der Waals surface area contributed by atoms with Crippen LogP contribution in [0.25, 0.3) is 0 Å². The summed E-state index contributed by atoms with van der Waals surface area (Å²) >= 11 is 0. The van der Waals surface area contributed by atoms with Gasteiger partial charge in [0.2, 0.25) is 10.0 Å². The van der Waals surface area contributed by atoms with Crippen molar-refractivity contribution >= 4 is 10.0 Å². The Morgan fingerprint density at radius 1 is 1.35 bits per heavy atom. The standard InChI is InChI=1S/C12H24N2O2S/c1-10(2)14-17(15,16)9-12-6-4-3-5-11(12)13-8-7-12/h10-11,13-14H,3-9H2,1-2H3. The van der Waals surface area contributed by atoms with Gasteiger partial charge >= 0.3 is 0 Å². The van der Waals surface area contributed by atoms with E-state index in [2.05, 4.69) is 10.0 Å². The van der Waals surface area contributed by atoms with Crippen LogP contribution in [0.4, 0.5) is 0 Å². The Balaban J connectivity index is 2.10. The van der Waals surface area contributed by atoms with Crippen LogP contribution >= 0.6 is 0 Å². The van der Waals surface area contributed by atoms with Crippen LogP contribution in [-0.2, 0) is 10.0 Å². The average Bonchev–Trinajstić information content (AvgIpc) is 2.57. The van der Waals surface area contributed by atoms with Gasteiger partial charge in [-0.15, -0.1) is 0 Å². The number of fused-ring (bicyclic) bond motifs is 1. The highest BCUT2D eigenvalue weighted by atomic mass is 32.2. The van der Waals surface area contributed by atoms with Crippen molar-refractivity contribution in [3.8, 4) is 0 Å². The molecular formula is C12H24N2O2S. The van der Waals surface area contributed by atoms with E-state index < -0.39 is 10.0 Å². The molecule has 0 bridgehead atoms. The van der Waals surface area contributed by atoms with E-state index in [1.165, 1.54) is 12.8 Å². The summed E-state index contributed by atoms with van der Waals surface area (Å²) in [4.78, 5) is 0. The molecule has 0 radical (unpaired) electrons. The van der Waals surface area contributed by atoms with E-state index in [0.29, 0.717) is 11.8 Å². The predicted molar refractivity (Wildman–Crippen MR) is 69.4 cm³/mol. The molecule has 5 heteroatoms. The van der Waals surface area contributed by atoms with E-state index in [1.807, 2.05) is 13.8 Å². The van der Waals surface area contributed by atoms with Crippen molar-refractivity contribution in [3.05, 3.63) is 0 Å². The van der Waals surface area contributed by atoms with Crippen LogP contribution in [0.15, 0.2) is 0 Å². The van der Waals surface area contributed by atoms with Crippen LogP contribution in [0.2, 0.25) is 0 Å². The van der Waals surface area contributed by atoms with Gasteiger partial charge in [-0.3, -0.25) is 0 Å². The summed E-state index contributed by atoms with van der Waals surface area (Å²) in [5, 5.41) is 3.48. The molecule has 2 rings (SSSR count). The van der Waals surface area contributed by atoms with E-state index in [9.17, 15) is 8.42 Å². The van der Waals surface area contributed by atoms with E-state index in [1.54, 1.807) is 0 Å². The highest BCUT2D eigenvalue weighted by Gasteiger charge is 2.46. The van der Waals surface area contributed by atoms with Crippen LogP contribution in [0.5, 0.6) is 0 Å². The lowest BCUT2D eigenvalue weighted by atomic mass is 9.72. The molecule has 4 nitrogen and oxygen atoms in total. The summed E-state index contributed by atoms with van der Waals surface area (Å²) in [7, 11) is -3.13. The molecule has 2 unspecified atom stereocenters. The van der Waals surface area contributed by atoms with Gasteiger partial charge in [-0.2, -0.15) is 0 Å². The molecule has 0 aromatic heterocycles. The molecule has 0 aromatic carbocycles. The van der Waals surface area contributed by atoms with E-state index in [-0.39, 0.29) is 11.5 Å². The molecule has 2 fully saturated rings. The molecule has 1 aliphatic carbocycles.